The Bertz CT molecular complexity index is 1490. The zero-order chi connectivity index (χ0) is 25.1. The van der Waals surface area contributed by atoms with Gasteiger partial charge in [0.2, 0.25) is 0 Å². The molecule has 0 radical (unpaired) electrons. The van der Waals surface area contributed by atoms with E-state index in [9.17, 15) is 14.7 Å². The first kappa shape index (κ1) is 23.1. The molecule has 7 heteroatoms. The van der Waals surface area contributed by atoms with E-state index >= 15 is 0 Å². The number of ether oxygens (including phenoxy) is 2. The van der Waals surface area contributed by atoms with Crippen LogP contribution >= 0.6 is 0 Å². The zero-order valence-electron chi connectivity index (χ0n) is 19.7. The second kappa shape index (κ2) is 9.92. The van der Waals surface area contributed by atoms with E-state index in [1.165, 1.54) is 0 Å². The fourth-order valence-corrected chi connectivity index (χ4v) is 4.39. The summed E-state index contributed by atoms with van der Waals surface area (Å²) in [6.45, 7) is -0.419. The molecule has 1 aromatic heterocycles. The Balaban J connectivity index is 1.41. The van der Waals surface area contributed by atoms with Crippen LogP contribution in [0.1, 0.15) is 33.6 Å². The molecule has 0 fully saturated rings. The van der Waals surface area contributed by atoms with Crippen LogP contribution in [0.2, 0.25) is 0 Å². The first-order chi connectivity index (χ1) is 17.5. The lowest BCUT2D eigenvalue weighted by molar-refractivity contribution is -0.119. The number of anilines is 1. The van der Waals surface area contributed by atoms with Gasteiger partial charge < -0.3 is 19.9 Å². The number of aromatic nitrogens is 1. The zero-order valence-corrected chi connectivity index (χ0v) is 19.7. The number of para-hydroxylation sites is 1. The largest absolute Gasteiger partial charge is 0.508 e. The number of allylic oxidation sites excluding steroid dienone is 1. The highest BCUT2D eigenvalue weighted by molar-refractivity contribution is 6.08. The van der Waals surface area contributed by atoms with Crippen LogP contribution in [0, 0.1) is 0 Å². The van der Waals surface area contributed by atoms with Crippen LogP contribution in [-0.2, 0) is 16.0 Å². The molecular weight excluding hydrogens is 456 g/mol. The standard InChI is InChI=1S/C29H24N2O5/c1-35-22-6-4-5-20(16-22)30-26(33)17-36-29(34)27-23-7-2-3-8-25(23)31-28-19(11-14-24(27)28)15-18-9-12-21(32)13-10-18/h2-10,12-13,15-16,32H,11,14,17H2,1H3,(H,30,33)/b19-15-. The van der Waals surface area contributed by atoms with Crippen LogP contribution in [0.3, 0.4) is 0 Å². The number of benzene rings is 3. The molecule has 5 rings (SSSR count). The van der Waals surface area contributed by atoms with Crippen molar-refractivity contribution < 1.29 is 24.2 Å². The number of hydrogen-bond donors (Lipinski definition) is 2. The second-order valence-corrected chi connectivity index (χ2v) is 8.45. The second-order valence-electron chi connectivity index (χ2n) is 8.45. The van der Waals surface area contributed by atoms with Gasteiger partial charge in [-0.05, 0) is 65.9 Å². The van der Waals surface area contributed by atoms with Crippen LogP contribution < -0.4 is 10.1 Å². The highest BCUT2D eigenvalue weighted by atomic mass is 16.5. The third-order valence-corrected chi connectivity index (χ3v) is 6.07. The van der Waals surface area contributed by atoms with Gasteiger partial charge in [0.05, 0.1) is 23.9 Å². The Kier molecular flexibility index (Phi) is 6.36. The SMILES string of the molecule is COc1cccc(NC(=O)COC(=O)c2c3c(nc4ccccc24)/C(=C\c2ccc(O)cc2)CC3)c1. The number of pyridine rings is 1. The van der Waals surface area contributed by atoms with Gasteiger partial charge in [0.15, 0.2) is 6.61 Å². The van der Waals surface area contributed by atoms with Gasteiger partial charge in [-0.2, -0.15) is 0 Å². The van der Waals surface area contributed by atoms with Crippen molar-refractivity contribution in [1.82, 2.24) is 4.98 Å². The number of fused-ring (bicyclic) bond motifs is 2. The number of phenols is 1. The predicted octanol–water partition coefficient (Wildman–Crippen LogP) is 5.23. The number of methoxy groups -OCH3 is 1. The molecule has 36 heavy (non-hydrogen) atoms. The summed E-state index contributed by atoms with van der Waals surface area (Å²) >= 11 is 0. The first-order valence-electron chi connectivity index (χ1n) is 11.5. The van der Waals surface area contributed by atoms with E-state index in [1.807, 2.05) is 42.5 Å². The molecule has 1 aliphatic carbocycles. The molecule has 1 amide bonds. The number of amides is 1. The van der Waals surface area contributed by atoms with Gasteiger partial charge in [-0.3, -0.25) is 4.79 Å². The summed E-state index contributed by atoms with van der Waals surface area (Å²) in [5, 5.41) is 13.0. The summed E-state index contributed by atoms with van der Waals surface area (Å²) in [6, 6.07) is 21.3. The van der Waals surface area contributed by atoms with E-state index < -0.39 is 18.5 Å². The van der Waals surface area contributed by atoms with Crippen molar-refractivity contribution in [3.8, 4) is 11.5 Å². The Morgan fingerprint density at radius 3 is 2.64 bits per heavy atom. The molecule has 180 valence electrons. The maximum atomic E-state index is 13.3. The van der Waals surface area contributed by atoms with Crippen molar-refractivity contribution in [3.63, 3.8) is 0 Å². The van der Waals surface area contributed by atoms with Crippen molar-refractivity contribution in [2.75, 3.05) is 19.0 Å². The molecule has 0 saturated carbocycles. The lowest BCUT2D eigenvalue weighted by Crippen LogP contribution is -2.21. The van der Waals surface area contributed by atoms with E-state index in [0.717, 1.165) is 28.8 Å². The summed E-state index contributed by atoms with van der Waals surface area (Å²) in [4.78, 5) is 30.6. The summed E-state index contributed by atoms with van der Waals surface area (Å²) in [6.07, 6.45) is 3.37. The number of nitrogens with zero attached hydrogens (tertiary/aromatic N) is 1. The fraction of sp³-hybridized carbons (Fsp3) is 0.138. The quantitative estimate of drug-likeness (QED) is 0.367. The third-order valence-electron chi connectivity index (χ3n) is 6.07. The van der Waals surface area contributed by atoms with E-state index in [1.54, 1.807) is 43.5 Å². The molecule has 1 aliphatic rings. The minimum atomic E-state index is -0.559. The molecule has 0 spiro atoms. The van der Waals surface area contributed by atoms with Crippen molar-refractivity contribution in [2.24, 2.45) is 0 Å². The topological polar surface area (TPSA) is 97.8 Å². The number of phenolic OH excluding ortho intramolecular Hbond substituents is 1. The van der Waals surface area contributed by atoms with Gasteiger partial charge in [-0.25, -0.2) is 9.78 Å². The molecule has 2 N–H and O–H groups in total. The highest BCUT2D eigenvalue weighted by Crippen LogP contribution is 2.38. The number of carbonyl (C=O) groups is 2. The minimum absolute atomic E-state index is 0.202. The Morgan fingerprint density at radius 1 is 1.03 bits per heavy atom. The third kappa shape index (κ3) is 4.77. The fourth-order valence-electron chi connectivity index (χ4n) is 4.39. The maximum Gasteiger partial charge on any atom is 0.339 e. The van der Waals surface area contributed by atoms with Crippen molar-refractivity contribution in [2.45, 2.75) is 12.8 Å². The normalized spacial score (nSPS) is 13.4. The molecule has 0 saturated heterocycles. The van der Waals surface area contributed by atoms with Crippen molar-refractivity contribution in [3.05, 3.63) is 95.2 Å². The molecule has 0 atom stereocenters. The van der Waals surface area contributed by atoms with E-state index in [2.05, 4.69) is 5.32 Å². The van der Waals surface area contributed by atoms with Gasteiger partial charge in [0.25, 0.3) is 5.91 Å². The van der Waals surface area contributed by atoms with Crippen LogP contribution in [0.5, 0.6) is 11.5 Å². The van der Waals surface area contributed by atoms with Gasteiger partial charge in [0, 0.05) is 17.1 Å². The summed E-state index contributed by atoms with van der Waals surface area (Å²) in [5.74, 6) is -0.190. The van der Waals surface area contributed by atoms with E-state index in [-0.39, 0.29) is 5.75 Å². The first-order valence-corrected chi connectivity index (χ1v) is 11.5. The predicted molar refractivity (Wildman–Crippen MR) is 138 cm³/mol. The van der Waals surface area contributed by atoms with Gasteiger partial charge in [0.1, 0.15) is 11.5 Å². The average molecular weight is 481 g/mol. The minimum Gasteiger partial charge on any atom is -0.508 e. The summed E-state index contributed by atoms with van der Waals surface area (Å²) in [5.41, 5.74) is 5.19. The van der Waals surface area contributed by atoms with E-state index in [0.29, 0.717) is 34.3 Å². The Labute approximate surface area is 208 Å². The van der Waals surface area contributed by atoms with Crippen LogP contribution in [0.4, 0.5) is 5.69 Å². The number of carbonyl (C=O) groups excluding carboxylic acids is 2. The monoisotopic (exact) mass is 480 g/mol. The van der Waals surface area contributed by atoms with Crippen LogP contribution in [0.15, 0.2) is 72.8 Å². The van der Waals surface area contributed by atoms with Gasteiger partial charge in [-0.1, -0.05) is 36.4 Å². The number of nitrogens with one attached hydrogen (secondary N) is 1. The molecule has 0 bridgehead atoms. The number of rotatable bonds is 6. The van der Waals surface area contributed by atoms with Crippen molar-refractivity contribution >= 4 is 40.1 Å². The molecular formula is C29H24N2O5. The van der Waals surface area contributed by atoms with Crippen LogP contribution in [-0.4, -0.2) is 35.7 Å². The molecule has 0 unspecified atom stereocenters. The van der Waals surface area contributed by atoms with Crippen LogP contribution in [0.25, 0.3) is 22.6 Å². The van der Waals surface area contributed by atoms with E-state index in [4.69, 9.17) is 14.5 Å². The molecule has 7 nitrogen and oxygen atoms in total. The Hall–Kier alpha value is -4.65. The number of hydrogen-bond acceptors (Lipinski definition) is 6. The molecule has 4 aromatic rings. The molecule has 3 aromatic carbocycles. The average Bonchev–Trinajstić information content (AvgIpc) is 3.29. The van der Waals surface area contributed by atoms with Crippen molar-refractivity contribution in [1.29, 1.82) is 0 Å². The highest BCUT2D eigenvalue weighted by Gasteiger charge is 2.28. The summed E-state index contributed by atoms with van der Waals surface area (Å²) in [7, 11) is 1.55. The smallest absolute Gasteiger partial charge is 0.339 e. The summed E-state index contributed by atoms with van der Waals surface area (Å²) < 4.78 is 10.6. The number of esters is 1. The Morgan fingerprint density at radius 2 is 1.83 bits per heavy atom. The maximum absolute atomic E-state index is 13.3. The van der Waals surface area contributed by atoms with Gasteiger partial charge >= 0.3 is 5.97 Å². The lowest BCUT2D eigenvalue weighted by Gasteiger charge is -2.13. The number of aromatic hydroxyl groups is 1. The lowest BCUT2D eigenvalue weighted by atomic mass is 10.0. The molecule has 1 heterocycles. The van der Waals surface area contributed by atoms with Gasteiger partial charge in [-0.15, -0.1) is 0 Å². The molecule has 0 aliphatic heterocycles.